The molecule has 2 unspecified atom stereocenters. The van der Waals surface area contributed by atoms with Crippen molar-refractivity contribution >= 4 is 12.1 Å². The minimum Gasteiger partial charge on any atom is -0.481 e. The zero-order valence-corrected chi connectivity index (χ0v) is 12.4. The Morgan fingerprint density at radius 1 is 1.30 bits per heavy atom. The Hall–Kier alpha value is -2.25. The first-order valence-electron chi connectivity index (χ1n) is 7.04. The number of amides is 1. The number of piperidine rings is 1. The van der Waals surface area contributed by atoms with E-state index in [0.29, 0.717) is 0 Å². The number of hydrogen-bond donors (Lipinski definition) is 1. The molecule has 126 valence electrons. The Balaban J connectivity index is 2.24. The Labute approximate surface area is 130 Å². The molecule has 5 nitrogen and oxygen atoms in total. The summed E-state index contributed by atoms with van der Waals surface area (Å²) in [7, 11) is 1.19. The van der Waals surface area contributed by atoms with Crippen LogP contribution in [0.3, 0.4) is 0 Å². The fourth-order valence-corrected chi connectivity index (χ4v) is 2.82. The number of carboxylic acids is 1. The van der Waals surface area contributed by atoms with E-state index < -0.39 is 41.5 Å². The average molecular weight is 331 g/mol. The Morgan fingerprint density at radius 3 is 2.43 bits per heavy atom. The molecular formula is C15H16F3NO4. The maximum absolute atomic E-state index is 13.3. The van der Waals surface area contributed by atoms with E-state index in [2.05, 4.69) is 4.74 Å². The number of benzene rings is 1. The molecule has 1 aliphatic rings. The number of hydrogen-bond acceptors (Lipinski definition) is 3. The third-order valence-corrected chi connectivity index (χ3v) is 3.99. The van der Waals surface area contributed by atoms with Crippen molar-refractivity contribution in [3.63, 3.8) is 0 Å². The van der Waals surface area contributed by atoms with Gasteiger partial charge >= 0.3 is 12.1 Å². The summed E-state index contributed by atoms with van der Waals surface area (Å²) < 4.78 is 44.3. The van der Waals surface area contributed by atoms with Crippen molar-refractivity contribution in [1.82, 2.24) is 4.90 Å². The van der Waals surface area contributed by atoms with Gasteiger partial charge in [0.25, 0.3) is 0 Å². The number of ether oxygens (including phenoxy) is 1. The van der Waals surface area contributed by atoms with Crippen LogP contribution in [-0.4, -0.2) is 41.8 Å². The van der Waals surface area contributed by atoms with Crippen LogP contribution >= 0.6 is 0 Å². The second kappa shape index (κ2) is 6.89. The second-order valence-electron chi connectivity index (χ2n) is 5.45. The standard InChI is InChI=1S/C15H16F3NO4/c1-23-15(22)19-3-2-9(14(20)21)7-10(19)4-8-5-11(16)13(18)12(17)6-8/h5-6,9-10H,2-4,7H2,1H3,(H,20,21). The normalized spacial score (nSPS) is 21.1. The van der Waals surface area contributed by atoms with Gasteiger partial charge in [0.15, 0.2) is 17.5 Å². The number of halogens is 3. The molecule has 1 aliphatic heterocycles. The highest BCUT2D eigenvalue weighted by molar-refractivity contribution is 5.72. The van der Waals surface area contributed by atoms with E-state index >= 15 is 0 Å². The van der Waals surface area contributed by atoms with Crippen molar-refractivity contribution in [2.24, 2.45) is 5.92 Å². The smallest absolute Gasteiger partial charge is 0.409 e. The molecule has 0 aliphatic carbocycles. The molecule has 0 bridgehead atoms. The van der Waals surface area contributed by atoms with Crippen LogP contribution < -0.4 is 0 Å². The van der Waals surface area contributed by atoms with Gasteiger partial charge in [-0.25, -0.2) is 18.0 Å². The van der Waals surface area contributed by atoms with Crippen LogP contribution in [0.5, 0.6) is 0 Å². The first-order chi connectivity index (χ1) is 10.8. The molecule has 1 saturated heterocycles. The fourth-order valence-electron chi connectivity index (χ4n) is 2.82. The van der Waals surface area contributed by atoms with E-state index in [4.69, 9.17) is 5.11 Å². The first kappa shape index (κ1) is 17.1. The summed E-state index contributed by atoms with van der Waals surface area (Å²) in [6.07, 6.45) is -0.229. The van der Waals surface area contributed by atoms with Crippen molar-refractivity contribution in [3.05, 3.63) is 35.1 Å². The highest BCUT2D eigenvalue weighted by Gasteiger charge is 2.35. The minimum atomic E-state index is -1.56. The molecular weight excluding hydrogens is 315 g/mol. The number of rotatable bonds is 3. The van der Waals surface area contributed by atoms with Gasteiger partial charge in [-0.15, -0.1) is 0 Å². The Morgan fingerprint density at radius 2 is 1.91 bits per heavy atom. The van der Waals surface area contributed by atoms with Gasteiger partial charge in [-0.2, -0.15) is 0 Å². The second-order valence-corrected chi connectivity index (χ2v) is 5.45. The summed E-state index contributed by atoms with van der Waals surface area (Å²) in [5, 5.41) is 9.12. The average Bonchev–Trinajstić information content (AvgIpc) is 2.51. The molecule has 0 aromatic heterocycles. The molecule has 0 radical (unpaired) electrons. The molecule has 23 heavy (non-hydrogen) atoms. The number of aliphatic carboxylic acids is 1. The number of methoxy groups -OCH3 is 1. The van der Waals surface area contributed by atoms with Crippen molar-refractivity contribution in [1.29, 1.82) is 0 Å². The number of carbonyl (C=O) groups excluding carboxylic acids is 1. The van der Waals surface area contributed by atoms with Crippen LogP contribution in [0.1, 0.15) is 18.4 Å². The van der Waals surface area contributed by atoms with Crippen LogP contribution in [0.25, 0.3) is 0 Å². The zero-order valence-electron chi connectivity index (χ0n) is 12.4. The molecule has 1 fully saturated rings. The Kier molecular flexibility index (Phi) is 5.12. The lowest BCUT2D eigenvalue weighted by molar-refractivity contribution is -0.144. The fraction of sp³-hybridized carbons (Fsp3) is 0.467. The minimum absolute atomic E-state index is 0.00694. The molecule has 1 aromatic rings. The van der Waals surface area contributed by atoms with Gasteiger partial charge in [0.2, 0.25) is 0 Å². The maximum atomic E-state index is 13.3. The first-order valence-corrected chi connectivity index (χ1v) is 7.04. The summed E-state index contributed by atoms with van der Waals surface area (Å²) in [6, 6.07) is 1.10. The number of carboxylic acid groups (broad SMARTS) is 1. The molecule has 2 atom stereocenters. The molecule has 2 rings (SSSR count). The molecule has 1 aromatic carbocycles. The molecule has 1 heterocycles. The van der Waals surface area contributed by atoms with Crippen molar-refractivity contribution in [2.75, 3.05) is 13.7 Å². The number of carbonyl (C=O) groups is 2. The third kappa shape index (κ3) is 3.75. The number of likely N-dealkylation sites (tertiary alicyclic amines) is 1. The van der Waals surface area contributed by atoms with Crippen LogP contribution in [0.2, 0.25) is 0 Å². The van der Waals surface area contributed by atoms with E-state index in [1.165, 1.54) is 12.0 Å². The summed E-state index contributed by atoms with van der Waals surface area (Å²) in [5.74, 6) is -5.86. The summed E-state index contributed by atoms with van der Waals surface area (Å²) >= 11 is 0. The predicted octanol–water partition coefficient (Wildman–Crippen LogP) is 2.58. The van der Waals surface area contributed by atoms with Gasteiger partial charge in [-0.3, -0.25) is 4.79 Å². The van der Waals surface area contributed by atoms with E-state index in [1.807, 2.05) is 0 Å². The van der Waals surface area contributed by atoms with Gasteiger partial charge in [-0.05, 0) is 37.0 Å². The topological polar surface area (TPSA) is 66.8 Å². The van der Waals surface area contributed by atoms with Gasteiger partial charge in [0.05, 0.1) is 13.0 Å². The monoisotopic (exact) mass is 331 g/mol. The zero-order chi connectivity index (χ0) is 17.1. The van der Waals surface area contributed by atoms with Gasteiger partial charge < -0.3 is 14.7 Å². The number of nitrogens with zero attached hydrogens (tertiary/aromatic N) is 1. The predicted molar refractivity (Wildman–Crippen MR) is 73.3 cm³/mol. The lowest BCUT2D eigenvalue weighted by Crippen LogP contribution is -2.48. The Bertz CT molecular complexity index is 600. The van der Waals surface area contributed by atoms with Crippen molar-refractivity contribution in [3.8, 4) is 0 Å². The van der Waals surface area contributed by atoms with Gasteiger partial charge in [0.1, 0.15) is 0 Å². The largest absolute Gasteiger partial charge is 0.481 e. The molecule has 1 amide bonds. The molecule has 8 heteroatoms. The molecule has 0 saturated carbocycles. The van der Waals surface area contributed by atoms with E-state index in [1.54, 1.807) is 0 Å². The molecule has 1 N–H and O–H groups in total. The summed E-state index contributed by atoms with van der Waals surface area (Å²) in [4.78, 5) is 24.3. The van der Waals surface area contributed by atoms with Crippen LogP contribution in [0.4, 0.5) is 18.0 Å². The van der Waals surface area contributed by atoms with Gasteiger partial charge in [0, 0.05) is 12.6 Å². The van der Waals surface area contributed by atoms with Crippen LogP contribution in [0.15, 0.2) is 12.1 Å². The highest BCUT2D eigenvalue weighted by Crippen LogP contribution is 2.27. The lowest BCUT2D eigenvalue weighted by atomic mass is 9.88. The van der Waals surface area contributed by atoms with Crippen LogP contribution in [0, 0.1) is 23.4 Å². The quantitative estimate of drug-likeness (QED) is 0.865. The van der Waals surface area contributed by atoms with Crippen molar-refractivity contribution in [2.45, 2.75) is 25.3 Å². The summed E-state index contributed by atoms with van der Waals surface area (Å²) in [6.45, 7) is 0.167. The highest BCUT2D eigenvalue weighted by atomic mass is 19.2. The van der Waals surface area contributed by atoms with Crippen LogP contribution in [-0.2, 0) is 16.0 Å². The van der Waals surface area contributed by atoms with Crippen molar-refractivity contribution < 1.29 is 32.6 Å². The van der Waals surface area contributed by atoms with E-state index in [0.717, 1.165) is 12.1 Å². The molecule has 0 spiro atoms. The third-order valence-electron chi connectivity index (χ3n) is 3.99. The maximum Gasteiger partial charge on any atom is 0.409 e. The summed E-state index contributed by atoms with van der Waals surface area (Å²) in [5.41, 5.74) is 0.145. The SMILES string of the molecule is COC(=O)N1CCC(C(=O)O)CC1Cc1cc(F)c(F)c(F)c1. The van der Waals surface area contributed by atoms with E-state index in [-0.39, 0.29) is 31.4 Å². The van der Waals surface area contributed by atoms with E-state index in [9.17, 15) is 22.8 Å². The van der Waals surface area contributed by atoms with Gasteiger partial charge in [-0.1, -0.05) is 0 Å². The lowest BCUT2D eigenvalue weighted by Gasteiger charge is -2.37.